The molecule has 4 nitrogen and oxygen atoms in total. The fourth-order valence-corrected chi connectivity index (χ4v) is 2.97. The summed E-state index contributed by atoms with van der Waals surface area (Å²) in [6.07, 6.45) is 2.38. The van der Waals surface area contributed by atoms with Gasteiger partial charge in [0.25, 0.3) is 0 Å². The van der Waals surface area contributed by atoms with Gasteiger partial charge in [-0.05, 0) is 5.56 Å². The zero-order valence-corrected chi connectivity index (χ0v) is 12.8. The lowest BCUT2D eigenvalue weighted by Gasteiger charge is -2.32. The first-order valence-corrected chi connectivity index (χ1v) is 8.17. The van der Waals surface area contributed by atoms with Gasteiger partial charge < -0.3 is 10.2 Å². The third kappa shape index (κ3) is 4.63. The Morgan fingerprint density at radius 3 is 2.81 bits per heavy atom. The summed E-state index contributed by atoms with van der Waals surface area (Å²) in [5.41, 5.74) is 1.05. The fourth-order valence-electron chi connectivity index (χ4n) is 2.29. The quantitative estimate of drug-likeness (QED) is 0.613. The van der Waals surface area contributed by atoms with Crippen LogP contribution in [0.25, 0.3) is 0 Å². The lowest BCUT2D eigenvalue weighted by atomic mass is 10.0. The van der Waals surface area contributed by atoms with E-state index in [1.165, 1.54) is 0 Å². The van der Waals surface area contributed by atoms with E-state index in [0.29, 0.717) is 13.0 Å². The summed E-state index contributed by atoms with van der Waals surface area (Å²) in [7, 11) is 0. The Morgan fingerprint density at radius 2 is 2.10 bits per heavy atom. The zero-order chi connectivity index (χ0) is 15.1. The SMILES string of the molecule is C=CCSCCN1CC(=O)NC(Cc2ccccc2)C1=O. The number of thioether (sulfide) groups is 1. The highest BCUT2D eigenvalue weighted by atomic mass is 32.2. The smallest absolute Gasteiger partial charge is 0.245 e. The first-order valence-electron chi connectivity index (χ1n) is 7.01. The molecular weight excluding hydrogens is 284 g/mol. The Labute approximate surface area is 129 Å². The number of carbonyl (C=O) groups is 2. The number of nitrogens with one attached hydrogen (secondary N) is 1. The van der Waals surface area contributed by atoms with Crippen LogP contribution in [0.1, 0.15) is 5.56 Å². The van der Waals surface area contributed by atoms with Gasteiger partial charge in [-0.15, -0.1) is 6.58 Å². The van der Waals surface area contributed by atoms with Gasteiger partial charge in [0.15, 0.2) is 0 Å². The van der Waals surface area contributed by atoms with Gasteiger partial charge in [-0.1, -0.05) is 36.4 Å². The maximum Gasteiger partial charge on any atom is 0.245 e. The maximum absolute atomic E-state index is 12.4. The summed E-state index contributed by atoms with van der Waals surface area (Å²) >= 11 is 1.71. The topological polar surface area (TPSA) is 49.4 Å². The molecule has 0 aromatic heterocycles. The van der Waals surface area contributed by atoms with Crippen LogP contribution in [0.4, 0.5) is 0 Å². The van der Waals surface area contributed by atoms with Crippen molar-refractivity contribution in [2.45, 2.75) is 12.5 Å². The van der Waals surface area contributed by atoms with Gasteiger partial charge in [0.05, 0.1) is 6.54 Å². The summed E-state index contributed by atoms with van der Waals surface area (Å²) < 4.78 is 0. The van der Waals surface area contributed by atoms with Gasteiger partial charge >= 0.3 is 0 Å². The van der Waals surface area contributed by atoms with E-state index >= 15 is 0 Å². The minimum Gasteiger partial charge on any atom is -0.342 e. The number of nitrogens with zero attached hydrogens (tertiary/aromatic N) is 1. The van der Waals surface area contributed by atoms with Crippen LogP contribution in [-0.4, -0.2) is 47.4 Å². The molecule has 1 aliphatic rings. The normalized spacial score (nSPS) is 18.5. The second-order valence-electron chi connectivity index (χ2n) is 4.93. The van der Waals surface area contributed by atoms with E-state index in [1.54, 1.807) is 16.7 Å². The van der Waals surface area contributed by atoms with Gasteiger partial charge in [0.1, 0.15) is 6.04 Å². The van der Waals surface area contributed by atoms with E-state index in [4.69, 9.17) is 0 Å². The molecule has 1 N–H and O–H groups in total. The van der Waals surface area contributed by atoms with Crippen molar-refractivity contribution in [2.24, 2.45) is 0 Å². The number of benzene rings is 1. The fraction of sp³-hybridized carbons (Fsp3) is 0.375. The van der Waals surface area contributed by atoms with Crippen LogP contribution >= 0.6 is 11.8 Å². The summed E-state index contributed by atoms with van der Waals surface area (Å²) in [6.45, 7) is 4.44. The number of hydrogen-bond donors (Lipinski definition) is 1. The lowest BCUT2D eigenvalue weighted by Crippen LogP contribution is -2.59. The molecular formula is C16H20N2O2S. The Kier molecular flexibility index (Phi) is 5.87. The standard InChI is InChI=1S/C16H20N2O2S/c1-2-9-21-10-8-18-12-15(19)17-14(16(18)20)11-13-6-4-3-5-7-13/h2-7,14H,1,8-12H2,(H,17,19). The first kappa shape index (κ1) is 15.6. The van der Waals surface area contributed by atoms with E-state index in [9.17, 15) is 9.59 Å². The predicted octanol–water partition coefficient (Wildman–Crippen LogP) is 1.48. The number of rotatable bonds is 7. The highest BCUT2D eigenvalue weighted by Crippen LogP contribution is 2.11. The van der Waals surface area contributed by atoms with E-state index in [0.717, 1.165) is 17.1 Å². The number of carbonyl (C=O) groups excluding carboxylic acids is 2. The van der Waals surface area contributed by atoms with Gasteiger partial charge in [-0.25, -0.2) is 0 Å². The molecule has 1 fully saturated rings. The molecule has 21 heavy (non-hydrogen) atoms. The minimum absolute atomic E-state index is 0.0117. The molecule has 0 saturated carbocycles. The molecule has 5 heteroatoms. The van der Waals surface area contributed by atoms with Gasteiger partial charge in [0.2, 0.25) is 11.8 Å². The molecule has 0 bridgehead atoms. The van der Waals surface area contributed by atoms with Gasteiger partial charge in [-0.2, -0.15) is 11.8 Å². The highest BCUT2D eigenvalue weighted by molar-refractivity contribution is 7.99. The second kappa shape index (κ2) is 7.88. The Morgan fingerprint density at radius 1 is 1.33 bits per heavy atom. The third-order valence-corrected chi connectivity index (χ3v) is 4.25. The molecule has 0 radical (unpaired) electrons. The van der Waals surface area contributed by atoms with Crippen molar-refractivity contribution in [2.75, 3.05) is 24.6 Å². The number of hydrogen-bond acceptors (Lipinski definition) is 3. The van der Waals surface area contributed by atoms with Crippen LogP contribution in [0.3, 0.4) is 0 Å². The van der Waals surface area contributed by atoms with Crippen LogP contribution in [0, 0.1) is 0 Å². The molecule has 1 unspecified atom stereocenters. The number of piperazine rings is 1. The zero-order valence-electron chi connectivity index (χ0n) is 12.0. The van der Waals surface area contributed by atoms with Crippen molar-refractivity contribution in [1.29, 1.82) is 0 Å². The molecule has 1 atom stereocenters. The van der Waals surface area contributed by atoms with Crippen molar-refractivity contribution in [3.8, 4) is 0 Å². The lowest BCUT2D eigenvalue weighted by molar-refractivity contribution is -0.143. The molecule has 0 spiro atoms. The van der Waals surface area contributed by atoms with Crippen LogP contribution in [-0.2, 0) is 16.0 Å². The van der Waals surface area contributed by atoms with Crippen LogP contribution < -0.4 is 5.32 Å². The molecule has 112 valence electrons. The molecule has 2 rings (SSSR count). The van der Waals surface area contributed by atoms with Crippen molar-refractivity contribution < 1.29 is 9.59 Å². The highest BCUT2D eigenvalue weighted by Gasteiger charge is 2.32. The van der Waals surface area contributed by atoms with Crippen molar-refractivity contribution in [3.63, 3.8) is 0 Å². The van der Waals surface area contributed by atoms with Crippen molar-refractivity contribution in [3.05, 3.63) is 48.6 Å². The molecule has 1 aromatic carbocycles. The Bertz CT molecular complexity index is 504. The number of amides is 2. The summed E-state index contributed by atoms with van der Waals surface area (Å²) in [5, 5.41) is 2.79. The predicted molar refractivity (Wildman–Crippen MR) is 86.2 cm³/mol. The molecule has 0 aliphatic carbocycles. The average Bonchev–Trinajstić information content (AvgIpc) is 2.49. The summed E-state index contributed by atoms with van der Waals surface area (Å²) in [5.74, 6) is 1.62. The van der Waals surface area contributed by atoms with Crippen molar-refractivity contribution in [1.82, 2.24) is 10.2 Å². The molecule has 1 heterocycles. The van der Waals surface area contributed by atoms with Gasteiger partial charge in [-0.3, -0.25) is 9.59 Å². The minimum atomic E-state index is -0.446. The Hall–Kier alpha value is -1.75. The van der Waals surface area contributed by atoms with E-state index < -0.39 is 6.04 Å². The van der Waals surface area contributed by atoms with Crippen LogP contribution in [0.5, 0.6) is 0 Å². The molecule has 1 aliphatic heterocycles. The maximum atomic E-state index is 12.4. The van der Waals surface area contributed by atoms with Crippen LogP contribution in [0.15, 0.2) is 43.0 Å². The summed E-state index contributed by atoms with van der Waals surface area (Å²) in [4.78, 5) is 25.9. The molecule has 1 aromatic rings. The Balaban J connectivity index is 1.93. The summed E-state index contributed by atoms with van der Waals surface area (Å²) in [6, 6.07) is 9.31. The van der Waals surface area contributed by atoms with E-state index in [1.807, 2.05) is 36.4 Å². The molecule has 2 amide bonds. The monoisotopic (exact) mass is 304 g/mol. The molecule has 1 saturated heterocycles. The van der Waals surface area contributed by atoms with Crippen molar-refractivity contribution >= 4 is 23.6 Å². The first-order chi connectivity index (χ1) is 10.2. The second-order valence-corrected chi connectivity index (χ2v) is 6.08. The van der Waals surface area contributed by atoms with E-state index in [2.05, 4.69) is 11.9 Å². The average molecular weight is 304 g/mol. The third-order valence-electron chi connectivity index (χ3n) is 3.30. The van der Waals surface area contributed by atoms with Gasteiger partial charge in [0, 0.05) is 24.5 Å². The van der Waals surface area contributed by atoms with E-state index in [-0.39, 0.29) is 18.4 Å². The van der Waals surface area contributed by atoms with Crippen LogP contribution in [0.2, 0.25) is 0 Å². The largest absolute Gasteiger partial charge is 0.342 e.